The van der Waals surface area contributed by atoms with Crippen molar-refractivity contribution in [2.45, 2.75) is 31.6 Å². The third kappa shape index (κ3) is 4.75. The summed E-state index contributed by atoms with van der Waals surface area (Å²) in [6.45, 7) is 2.87. The van der Waals surface area contributed by atoms with Crippen LogP contribution in [0.2, 0.25) is 0 Å². The van der Waals surface area contributed by atoms with Crippen LogP contribution in [0.15, 0.2) is 0 Å². The zero-order chi connectivity index (χ0) is 12.2. The topological polar surface area (TPSA) is 132 Å². The molecule has 0 aromatic heterocycles. The first-order valence-corrected chi connectivity index (χ1v) is 5.80. The fourth-order valence-corrected chi connectivity index (χ4v) is 1.60. The molecule has 0 heterocycles. The summed E-state index contributed by atoms with van der Waals surface area (Å²) < 4.78 is 24.7. The van der Waals surface area contributed by atoms with Crippen molar-refractivity contribution in [3.8, 4) is 0 Å². The molecule has 0 aliphatic rings. The monoisotopic (exact) mass is 237 g/mol. The van der Waals surface area contributed by atoms with Crippen molar-refractivity contribution >= 4 is 21.8 Å². The molecule has 0 unspecified atom stereocenters. The highest BCUT2D eigenvalue weighted by Gasteiger charge is 2.26. The first kappa shape index (κ1) is 13.8. The van der Waals surface area contributed by atoms with Crippen molar-refractivity contribution < 1.29 is 18.0 Å². The number of hydrogen-bond donors (Lipinski definition) is 3. The van der Waals surface area contributed by atoms with Crippen molar-refractivity contribution in [3.05, 3.63) is 0 Å². The number of carbonyl (C=O) groups excluding carboxylic acids is 2. The Labute approximate surface area is 88.2 Å². The van der Waals surface area contributed by atoms with E-state index in [0.29, 0.717) is 0 Å². The quantitative estimate of drug-likeness (QED) is 0.495. The number of nitrogens with one attached hydrogen (secondary N) is 1. The third-order valence-corrected chi connectivity index (χ3v) is 3.53. The van der Waals surface area contributed by atoms with Crippen LogP contribution in [0.1, 0.15) is 20.3 Å². The van der Waals surface area contributed by atoms with Crippen LogP contribution in [0.25, 0.3) is 0 Å². The predicted octanol–water partition coefficient (Wildman–Crippen LogP) is -1.96. The lowest BCUT2D eigenvalue weighted by Crippen LogP contribution is -2.48. The van der Waals surface area contributed by atoms with Gasteiger partial charge in [-0.2, -0.15) is 0 Å². The Morgan fingerprint density at radius 3 is 2.00 bits per heavy atom. The van der Waals surface area contributed by atoms with Gasteiger partial charge in [0.05, 0.1) is 11.7 Å². The van der Waals surface area contributed by atoms with Gasteiger partial charge in [0, 0.05) is 0 Å². The SMILES string of the molecule is CC(C)S(=O)(=O)N[C@H](CC(N)=O)C(N)=O. The molecule has 0 fully saturated rings. The predicted molar refractivity (Wildman–Crippen MR) is 54.0 cm³/mol. The van der Waals surface area contributed by atoms with Gasteiger partial charge >= 0.3 is 0 Å². The molecule has 0 aliphatic heterocycles. The van der Waals surface area contributed by atoms with Crippen molar-refractivity contribution in [2.24, 2.45) is 11.5 Å². The maximum Gasteiger partial charge on any atom is 0.236 e. The molecule has 0 aromatic carbocycles. The number of rotatable bonds is 6. The van der Waals surface area contributed by atoms with E-state index in [4.69, 9.17) is 11.5 Å². The van der Waals surface area contributed by atoms with Gasteiger partial charge in [-0.15, -0.1) is 0 Å². The van der Waals surface area contributed by atoms with Gasteiger partial charge in [-0.1, -0.05) is 0 Å². The molecule has 0 bridgehead atoms. The van der Waals surface area contributed by atoms with Crippen LogP contribution in [0.3, 0.4) is 0 Å². The summed E-state index contributed by atoms with van der Waals surface area (Å²) >= 11 is 0. The van der Waals surface area contributed by atoms with Crippen molar-refractivity contribution in [1.29, 1.82) is 0 Å². The Balaban J connectivity index is 4.70. The maximum atomic E-state index is 11.4. The van der Waals surface area contributed by atoms with Gasteiger partial charge in [0.25, 0.3) is 0 Å². The van der Waals surface area contributed by atoms with E-state index in [-0.39, 0.29) is 0 Å². The van der Waals surface area contributed by atoms with Crippen molar-refractivity contribution in [1.82, 2.24) is 4.72 Å². The number of carbonyl (C=O) groups is 2. The van der Waals surface area contributed by atoms with E-state index in [1.54, 1.807) is 0 Å². The van der Waals surface area contributed by atoms with E-state index >= 15 is 0 Å². The van der Waals surface area contributed by atoms with Gasteiger partial charge in [0.1, 0.15) is 6.04 Å². The van der Waals surface area contributed by atoms with E-state index in [9.17, 15) is 18.0 Å². The fraction of sp³-hybridized carbons (Fsp3) is 0.714. The minimum absolute atomic E-state index is 0.443. The van der Waals surface area contributed by atoms with Crippen LogP contribution < -0.4 is 16.2 Å². The van der Waals surface area contributed by atoms with Crippen LogP contribution in [0, 0.1) is 0 Å². The molecule has 0 aromatic rings. The minimum Gasteiger partial charge on any atom is -0.370 e. The van der Waals surface area contributed by atoms with Crippen molar-refractivity contribution in [2.75, 3.05) is 0 Å². The summed E-state index contributed by atoms with van der Waals surface area (Å²) in [5.41, 5.74) is 9.76. The Morgan fingerprint density at radius 2 is 1.73 bits per heavy atom. The molecule has 5 N–H and O–H groups in total. The van der Waals surface area contributed by atoms with Crippen LogP contribution in [0.4, 0.5) is 0 Å². The highest BCUT2D eigenvalue weighted by Crippen LogP contribution is 2.00. The number of primary amides is 2. The highest BCUT2D eigenvalue weighted by molar-refractivity contribution is 7.90. The van der Waals surface area contributed by atoms with Gasteiger partial charge < -0.3 is 11.5 Å². The standard InChI is InChI=1S/C7H15N3O4S/c1-4(2)15(13,14)10-5(7(9)12)3-6(8)11/h4-5,10H,3H2,1-2H3,(H2,8,11)(H2,9,12)/t5-/m1/s1. The second kappa shape index (κ2) is 5.08. The second-order valence-corrected chi connectivity index (χ2v) is 5.61. The van der Waals surface area contributed by atoms with Gasteiger partial charge in [-0.25, -0.2) is 13.1 Å². The Hall–Kier alpha value is -1.15. The first-order chi connectivity index (χ1) is 6.66. The van der Waals surface area contributed by atoms with E-state index in [2.05, 4.69) is 0 Å². The molecule has 88 valence electrons. The molecular weight excluding hydrogens is 222 g/mol. The van der Waals surface area contributed by atoms with E-state index < -0.39 is 39.6 Å². The molecule has 2 amide bonds. The zero-order valence-electron chi connectivity index (χ0n) is 8.56. The number of sulfonamides is 1. The molecule has 0 saturated carbocycles. The van der Waals surface area contributed by atoms with Gasteiger partial charge in [0.2, 0.25) is 21.8 Å². The molecule has 1 atom stereocenters. The molecule has 8 heteroatoms. The number of amides is 2. The van der Waals surface area contributed by atoms with Gasteiger partial charge in [-0.05, 0) is 13.8 Å². The smallest absolute Gasteiger partial charge is 0.236 e. The second-order valence-electron chi connectivity index (χ2n) is 3.34. The lowest BCUT2D eigenvalue weighted by atomic mass is 10.2. The Bertz CT molecular complexity index is 349. The molecule has 15 heavy (non-hydrogen) atoms. The molecule has 7 nitrogen and oxygen atoms in total. The molecule has 0 aliphatic carbocycles. The average Bonchev–Trinajstić information content (AvgIpc) is 2.01. The summed E-state index contributed by atoms with van der Waals surface area (Å²) in [6, 6.07) is -1.28. The van der Waals surface area contributed by atoms with Crippen LogP contribution in [-0.2, 0) is 19.6 Å². The molecule has 0 radical (unpaired) electrons. The Kier molecular flexibility index (Phi) is 4.69. The van der Waals surface area contributed by atoms with Crippen LogP contribution in [0.5, 0.6) is 0 Å². The summed E-state index contributed by atoms with van der Waals surface area (Å²) in [7, 11) is -3.65. The largest absolute Gasteiger partial charge is 0.370 e. The number of hydrogen-bond acceptors (Lipinski definition) is 4. The van der Waals surface area contributed by atoms with Gasteiger partial charge in [-0.3, -0.25) is 9.59 Å². The third-order valence-electron chi connectivity index (χ3n) is 1.68. The molecule has 0 spiro atoms. The maximum absolute atomic E-state index is 11.4. The van der Waals surface area contributed by atoms with Crippen LogP contribution >= 0.6 is 0 Å². The lowest BCUT2D eigenvalue weighted by Gasteiger charge is -2.15. The zero-order valence-corrected chi connectivity index (χ0v) is 9.37. The Morgan fingerprint density at radius 1 is 1.27 bits per heavy atom. The summed E-state index contributed by atoms with van der Waals surface area (Å²) in [5.74, 6) is -1.73. The van der Waals surface area contributed by atoms with Crippen LogP contribution in [-0.4, -0.2) is 31.5 Å². The highest BCUT2D eigenvalue weighted by atomic mass is 32.2. The van der Waals surface area contributed by atoms with E-state index in [1.165, 1.54) is 13.8 Å². The summed E-state index contributed by atoms with van der Waals surface area (Å²) in [6.07, 6.45) is -0.443. The fourth-order valence-electron chi connectivity index (χ4n) is 0.736. The molecular formula is C7H15N3O4S. The normalized spacial score (nSPS) is 13.8. The van der Waals surface area contributed by atoms with Crippen molar-refractivity contribution in [3.63, 3.8) is 0 Å². The molecule has 0 saturated heterocycles. The van der Waals surface area contributed by atoms with E-state index in [0.717, 1.165) is 0 Å². The minimum atomic E-state index is -3.65. The molecule has 0 rings (SSSR count). The van der Waals surface area contributed by atoms with E-state index in [1.807, 2.05) is 4.72 Å². The number of nitrogens with two attached hydrogens (primary N) is 2. The first-order valence-electron chi connectivity index (χ1n) is 4.25. The summed E-state index contributed by atoms with van der Waals surface area (Å²) in [4.78, 5) is 21.4. The summed E-state index contributed by atoms with van der Waals surface area (Å²) in [5, 5.41) is -0.716. The lowest BCUT2D eigenvalue weighted by molar-refractivity contribution is -0.124. The van der Waals surface area contributed by atoms with Gasteiger partial charge in [0.15, 0.2) is 0 Å². The average molecular weight is 237 g/mol.